The third-order valence-electron chi connectivity index (χ3n) is 3.61. The van der Waals surface area contributed by atoms with Crippen LogP contribution in [0.2, 0.25) is 0 Å². The summed E-state index contributed by atoms with van der Waals surface area (Å²) < 4.78 is 4.92. The zero-order valence-corrected chi connectivity index (χ0v) is 13.2. The summed E-state index contributed by atoms with van der Waals surface area (Å²) in [5, 5.41) is 2.90. The number of carbonyl (C=O) groups is 2. The Kier molecular flexibility index (Phi) is 4.81. The fourth-order valence-electron chi connectivity index (χ4n) is 2.35. The molecule has 0 radical (unpaired) electrons. The van der Waals surface area contributed by atoms with Gasteiger partial charge in [-0.1, -0.05) is 44.7 Å². The van der Waals surface area contributed by atoms with Crippen molar-refractivity contribution in [2.24, 2.45) is 5.92 Å². The number of hydrogen-bond acceptors (Lipinski definition) is 4. The Bertz CT molecular complexity index is 626. The smallest absolute Gasteiger partial charge is 0.322 e. The number of hydrogen-bond donors (Lipinski definition) is 1. The number of benzene rings is 1. The zero-order chi connectivity index (χ0) is 16.3. The largest absolute Gasteiger partial charge is 0.465 e. The van der Waals surface area contributed by atoms with Crippen molar-refractivity contribution in [2.75, 3.05) is 6.61 Å². The summed E-state index contributed by atoms with van der Waals surface area (Å²) in [6, 6.07) is 7.98. The van der Waals surface area contributed by atoms with Gasteiger partial charge in [0.1, 0.15) is 0 Å². The van der Waals surface area contributed by atoms with Crippen LogP contribution in [-0.4, -0.2) is 18.4 Å². The van der Waals surface area contributed by atoms with Crippen LogP contribution in [0.25, 0.3) is 6.08 Å². The second kappa shape index (κ2) is 6.60. The zero-order valence-electron chi connectivity index (χ0n) is 13.2. The summed E-state index contributed by atoms with van der Waals surface area (Å²) >= 11 is 0. The van der Waals surface area contributed by atoms with E-state index in [-0.39, 0.29) is 12.4 Å². The first-order chi connectivity index (χ1) is 10.4. The van der Waals surface area contributed by atoms with Gasteiger partial charge in [-0.3, -0.25) is 9.59 Å². The molecule has 4 heteroatoms. The summed E-state index contributed by atoms with van der Waals surface area (Å²) in [6.45, 7) is 9.95. The lowest BCUT2D eigenvalue weighted by Gasteiger charge is -2.06. The second-order valence-corrected chi connectivity index (χ2v) is 5.58. The summed E-state index contributed by atoms with van der Waals surface area (Å²) in [7, 11) is 0. The topological polar surface area (TPSA) is 55.4 Å². The Morgan fingerprint density at radius 1 is 1.36 bits per heavy atom. The van der Waals surface area contributed by atoms with Gasteiger partial charge in [-0.25, -0.2) is 0 Å². The molecule has 1 atom stereocenters. The molecule has 4 nitrogen and oxygen atoms in total. The van der Waals surface area contributed by atoms with E-state index in [1.54, 1.807) is 13.0 Å². The number of nitrogens with one attached hydrogen (secondary N) is 1. The maximum atomic E-state index is 12.3. The van der Waals surface area contributed by atoms with Gasteiger partial charge in [0.2, 0.25) is 0 Å². The van der Waals surface area contributed by atoms with Crippen LogP contribution < -0.4 is 5.32 Å². The number of ether oxygens (including phenoxy) is 1. The fraction of sp³-hybridized carbons (Fsp3) is 0.333. The summed E-state index contributed by atoms with van der Waals surface area (Å²) in [6.07, 6.45) is 1.73. The normalized spacial score (nSPS) is 19.6. The van der Waals surface area contributed by atoms with Gasteiger partial charge >= 0.3 is 5.97 Å². The van der Waals surface area contributed by atoms with Crippen molar-refractivity contribution in [1.29, 1.82) is 0 Å². The first-order valence-corrected chi connectivity index (χ1v) is 7.42. The number of carbonyl (C=O) groups excluding carboxylic acids is 2. The molecular weight excluding hydrogens is 278 g/mol. The van der Waals surface area contributed by atoms with Gasteiger partial charge in [-0.2, -0.15) is 0 Å². The Morgan fingerprint density at radius 2 is 2.00 bits per heavy atom. The van der Waals surface area contributed by atoms with Crippen molar-refractivity contribution < 1.29 is 14.3 Å². The van der Waals surface area contributed by atoms with Gasteiger partial charge in [0, 0.05) is 5.70 Å². The van der Waals surface area contributed by atoms with Crippen molar-refractivity contribution in [3.05, 3.63) is 53.4 Å². The highest BCUT2D eigenvalue weighted by Gasteiger charge is 2.39. The standard InChI is InChI=1S/C18H21NO3/c1-5-22-18(21)16-12(4)19-15(17(16)20)10-13-6-8-14(9-7-13)11(2)3/h6-11,16,19H,4-5H2,1-3H3. The predicted octanol–water partition coefficient (Wildman–Crippen LogP) is 3.02. The maximum Gasteiger partial charge on any atom is 0.322 e. The van der Waals surface area contributed by atoms with E-state index in [1.807, 2.05) is 24.3 Å². The molecule has 116 valence electrons. The molecule has 1 aromatic rings. The van der Waals surface area contributed by atoms with Gasteiger partial charge in [0.05, 0.1) is 12.3 Å². The molecule has 1 aliphatic rings. The van der Waals surface area contributed by atoms with E-state index in [0.717, 1.165) is 5.56 Å². The van der Waals surface area contributed by atoms with Crippen molar-refractivity contribution >= 4 is 17.8 Å². The Hall–Kier alpha value is -2.36. The highest BCUT2D eigenvalue weighted by Crippen LogP contribution is 2.25. The van der Waals surface area contributed by atoms with Crippen molar-refractivity contribution in [3.8, 4) is 0 Å². The summed E-state index contributed by atoms with van der Waals surface area (Å²) in [5.74, 6) is -1.33. The Labute approximate surface area is 130 Å². The third-order valence-corrected chi connectivity index (χ3v) is 3.61. The Balaban J connectivity index is 2.21. The first kappa shape index (κ1) is 16.0. The summed E-state index contributed by atoms with van der Waals surface area (Å²) in [4.78, 5) is 24.1. The second-order valence-electron chi connectivity index (χ2n) is 5.58. The average molecular weight is 299 g/mol. The summed E-state index contributed by atoms with van der Waals surface area (Å²) in [5.41, 5.74) is 2.88. The minimum atomic E-state index is -0.943. The first-order valence-electron chi connectivity index (χ1n) is 7.42. The molecule has 0 saturated carbocycles. The van der Waals surface area contributed by atoms with Gasteiger partial charge in [-0.05, 0) is 30.0 Å². The minimum Gasteiger partial charge on any atom is -0.465 e. The molecule has 1 fully saturated rings. The van der Waals surface area contributed by atoms with Gasteiger partial charge in [0.25, 0.3) is 0 Å². The van der Waals surface area contributed by atoms with Crippen molar-refractivity contribution in [1.82, 2.24) is 5.32 Å². The van der Waals surface area contributed by atoms with E-state index in [4.69, 9.17) is 4.74 Å². The van der Waals surface area contributed by atoms with E-state index in [0.29, 0.717) is 17.3 Å². The van der Waals surface area contributed by atoms with Crippen LogP contribution in [0, 0.1) is 5.92 Å². The lowest BCUT2D eigenvalue weighted by atomic mass is 10.0. The Morgan fingerprint density at radius 3 is 2.55 bits per heavy atom. The van der Waals surface area contributed by atoms with E-state index in [9.17, 15) is 9.59 Å². The van der Waals surface area contributed by atoms with Crippen LogP contribution in [0.15, 0.2) is 42.2 Å². The molecule has 2 rings (SSSR count). The molecule has 0 aromatic heterocycles. The minimum absolute atomic E-state index is 0.242. The lowest BCUT2D eigenvalue weighted by molar-refractivity contribution is -0.148. The molecule has 0 bridgehead atoms. The molecule has 1 N–H and O–H groups in total. The fourth-order valence-corrected chi connectivity index (χ4v) is 2.35. The molecule has 0 amide bonds. The van der Waals surface area contributed by atoms with Crippen LogP contribution >= 0.6 is 0 Å². The van der Waals surface area contributed by atoms with Crippen LogP contribution in [-0.2, 0) is 14.3 Å². The molecule has 1 aromatic carbocycles. The van der Waals surface area contributed by atoms with Gasteiger partial charge in [-0.15, -0.1) is 0 Å². The number of ketones is 1. The molecule has 1 saturated heterocycles. The van der Waals surface area contributed by atoms with Crippen LogP contribution in [0.1, 0.15) is 37.8 Å². The molecule has 0 aliphatic carbocycles. The molecular formula is C18H21NO3. The third kappa shape index (κ3) is 3.27. The van der Waals surface area contributed by atoms with Gasteiger partial charge < -0.3 is 10.1 Å². The van der Waals surface area contributed by atoms with E-state index < -0.39 is 11.9 Å². The number of rotatable bonds is 4. The molecule has 1 unspecified atom stereocenters. The monoisotopic (exact) mass is 299 g/mol. The van der Waals surface area contributed by atoms with Crippen LogP contribution in [0.5, 0.6) is 0 Å². The maximum absolute atomic E-state index is 12.3. The number of allylic oxidation sites excluding steroid dienone is 1. The average Bonchev–Trinajstić information content (AvgIpc) is 2.74. The van der Waals surface area contributed by atoms with E-state index in [2.05, 4.69) is 25.7 Å². The molecule has 0 spiro atoms. The number of Topliss-reactive ketones (excluding diaryl/α,β-unsaturated/α-hetero) is 1. The number of esters is 1. The van der Waals surface area contributed by atoms with Crippen molar-refractivity contribution in [2.45, 2.75) is 26.7 Å². The van der Waals surface area contributed by atoms with Gasteiger partial charge in [0.15, 0.2) is 11.7 Å². The van der Waals surface area contributed by atoms with E-state index >= 15 is 0 Å². The molecule has 1 aliphatic heterocycles. The SMILES string of the molecule is C=C1NC(=Cc2ccc(C(C)C)cc2)C(=O)C1C(=O)OCC. The molecule has 22 heavy (non-hydrogen) atoms. The lowest BCUT2D eigenvalue weighted by Crippen LogP contribution is -2.23. The highest BCUT2D eigenvalue weighted by atomic mass is 16.5. The highest BCUT2D eigenvalue weighted by molar-refractivity contribution is 6.14. The quantitative estimate of drug-likeness (QED) is 0.527. The van der Waals surface area contributed by atoms with Crippen LogP contribution in [0.3, 0.4) is 0 Å². The van der Waals surface area contributed by atoms with Crippen molar-refractivity contribution in [3.63, 3.8) is 0 Å². The molecule has 1 heterocycles. The predicted molar refractivity (Wildman–Crippen MR) is 85.9 cm³/mol. The van der Waals surface area contributed by atoms with E-state index in [1.165, 1.54) is 5.56 Å². The van der Waals surface area contributed by atoms with Crippen LogP contribution in [0.4, 0.5) is 0 Å².